The van der Waals surface area contributed by atoms with Crippen molar-refractivity contribution in [3.05, 3.63) is 58.7 Å². The van der Waals surface area contributed by atoms with Crippen LogP contribution in [0.1, 0.15) is 38.8 Å². The van der Waals surface area contributed by atoms with Crippen LogP contribution in [0.4, 0.5) is 30.5 Å². The molecule has 3 aromatic rings. The van der Waals surface area contributed by atoms with E-state index in [0.717, 1.165) is 11.6 Å². The van der Waals surface area contributed by atoms with Crippen molar-refractivity contribution in [2.45, 2.75) is 57.6 Å². The molecule has 225 valence electrons. The molecule has 1 aliphatic heterocycles. The average Bonchev–Trinajstić information content (AvgIpc) is 3.19. The fourth-order valence-electron chi connectivity index (χ4n) is 4.57. The molecule has 0 bridgehead atoms. The molecule has 1 aliphatic rings. The molecule has 8 nitrogen and oxygen atoms in total. The van der Waals surface area contributed by atoms with E-state index in [2.05, 4.69) is 60.0 Å². The minimum absolute atomic E-state index is 0.00858. The number of nitrogens with zero attached hydrogens (tertiary/aromatic N) is 4. The van der Waals surface area contributed by atoms with Crippen molar-refractivity contribution in [1.82, 2.24) is 9.97 Å². The lowest BCUT2D eigenvalue weighted by Crippen LogP contribution is -2.46. The first-order valence-electron chi connectivity index (χ1n) is 13.4. The lowest BCUT2D eigenvalue weighted by Gasteiger charge is -2.39. The maximum Gasteiger partial charge on any atom is 0.573 e. The number of hydrogen-bond donors (Lipinski definition) is 1. The summed E-state index contributed by atoms with van der Waals surface area (Å²) >= 11 is 6.02. The van der Waals surface area contributed by atoms with Crippen LogP contribution in [0.3, 0.4) is 0 Å². The van der Waals surface area contributed by atoms with Crippen LogP contribution in [-0.4, -0.2) is 51.4 Å². The fourth-order valence-corrected chi connectivity index (χ4v) is 5.86. The molecule has 1 radical (unpaired) electrons. The molecular weight excluding hydrogens is 598 g/mol. The maximum absolute atomic E-state index is 13.0. The van der Waals surface area contributed by atoms with E-state index in [1.165, 1.54) is 25.7 Å². The van der Waals surface area contributed by atoms with E-state index in [-0.39, 0.29) is 21.7 Å². The normalized spacial score (nSPS) is 16.8. The molecule has 43 heavy (non-hydrogen) atoms. The van der Waals surface area contributed by atoms with Gasteiger partial charge in [0, 0.05) is 41.0 Å². The third kappa shape index (κ3) is 7.14. The van der Waals surface area contributed by atoms with Gasteiger partial charge in [-0.25, -0.2) is 9.97 Å². The van der Waals surface area contributed by atoms with Crippen molar-refractivity contribution >= 4 is 50.8 Å². The minimum atomic E-state index is -4.92. The topological polar surface area (TPSA) is 100 Å². The molecule has 1 N–H and O–H groups in total. The maximum atomic E-state index is 13.0. The number of aromatic nitrogens is 2. The number of nitrogens with one attached hydrogen (secondary N) is 1. The van der Waals surface area contributed by atoms with E-state index in [4.69, 9.17) is 16.0 Å². The van der Waals surface area contributed by atoms with Gasteiger partial charge in [0.05, 0.1) is 16.9 Å². The highest BCUT2D eigenvalue weighted by Gasteiger charge is 2.44. The van der Waals surface area contributed by atoms with Gasteiger partial charge in [0.25, 0.3) is 0 Å². The van der Waals surface area contributed by atoms with E-state index in [9.17, 15) is 23.2 Å². The van der Waals surface area contributed by atoms with Crippen molar-refractivity contribution in [3.8, 4) is 23.1 Å². The van der Waals surface area contributed by atoms with Gasteiger partial charge in [-0.1, -0.05) is 39.3 Å². The molecule has 2 heterocycles. The van der Waals surface area contributed by atoms with Gasteiger partial charge in [-0.15, -0.1) is 13.2 Å². The smallest absolute Gasteiger partial charge is 0.416 e. The molecule has 0 amide bonds. The van der Waals surface area contributed by atoms with Crippen LogP contribution in [-0.2, 0) is 14.6 Å². The summed E-state index contributed by atoms with van der Waals surface area (Å²) < 4.78 is 49.6. The zero-order chi connectivity index (χ0) is 31.8. The molecule has 1 atom stereocenters. The molecule has 2 aromatic carbocycles. The number of carbonyl (C=O) groups is 1. The molecular formula is C29H31BClF3N5O3Si. The average molecular weight is 629 g/mol. The number of halogens is 4. The Labute approximate surface area is 255 Å². The molecule has 0 saturated heterocycles. The molecule has 0 saturated carbocycles. The highest BCUT2D eigenvalue weighted by Crippen LogP contribution is 2.46. The Morgan fingerprint density at radius 3 is 2.58 bits per heavy atom. The summed E-state index contributed by atoms with van der Waals surface area (Å²) in [6.45, 7) is 13.7. The van der Waals surface area contributed by atoms with Crippen LogP contribution < -0.4 is 14.9 Å². The lowest BCUT2D eigenvalue weighted by molar-refractivity contribution is -0.274. The highest BCUT2D eigenvalue weighted by atomic mass is 35.5. The summed E-state index contributed by atoms with van der Waals surface area (Å²) in [5, 5.41) is 13.0. The molecule has 1 aromatic heterocycles. The number of anilines is 3. The van der Waals surface area contributed by atoms with Gasteiger partial charge in [0.2, 0.25) is 5.95 Å². The predicted molar refractivity (Wildman–Crippen MR) is 164 cm³/mol. The Hall–Kier alpha value is -3.60. The fraction of sp³-hybridized carbons (Fsp3) is 0.379. The van der Waals surface area contributed by atoms with Crippen LogP contribution in [0.15, 0.2) is 42.6 Å². The molecule has 0 spiro atoms. The summed E-state index contributed by atoms with van der Waals surface area (Å²) in [5.41, 5.74) is 2.15. The quantitative estimate of drug-likeness (QED) is 0.196. The lowest BCUT2D eigenvalue weighted by atomic mass is 9.83. The Balaban J connectivity index is 1.75. The SMILES string of the molecule is CC1(CO[Si](C)(C)C(C)(C)C)CN([B]C=O)c2c(C#N)cc(-c3ccnc(Nc4cc(Cl)ccc4OC(F)(F)F)n3)cc21. The Kier molecular flexibility index (Phi) is 8.89. The van der Waals surface area contributed by atoms with E-state index >= 15 is 0 Å². The van der Waals surface area contributed by atoms with E-state index in [0.29, 0.717) is 41.8 Å². The molecule has 1 unspecified atom stereocenters. The van der Waals surface area contributed by atoms with Crippen LogP contribution in [0.25, 0.3) is 11.3 Å². The van der Waals surface area contributed by atoms with Crippen molar-refractivity contribution in [1.29, 1.82) is 5.26 Å². The number of fused-ring (bicyclic) bond motifs is 1. The molecule has 4 rings (SSSR count). The van der Waals surface area contributed by atoms with Gasteiger partial charge in [0.15, 0.2) is 14.1 Å². The first-order valence-corrected chi connectivity index (χ1v) is 16.7. The predicted octanol–water partition coefficient (Wildman–Crippen LogP) is 7.22. The highest BCUT2D eigenvalue weighted by molar-refractivity contribution is 6.74. The summed E-state index contributed by atoms with van der Waals surface area (Å²) in [6, 6.07) is 11.1. The van der Waals surface area contributed by atoms with Gasteiger partial charge < -0.3 is 24.1 Å². The van der Waals surface area contributed by atoms with Crippen LogP contribution >= 0.6 is 11.6 Å². The molecule has 0 fully saturated rings. The van der Waals surface area contributed by atoms with Crippen molar-refractivity contribution in [3.63, 3.8) is 0 Å². The standard InChI is InChI=1S/C29H31BClF3N5O3Si/c1-27(2,3)43(5,6)41-16-28(4)15-39(30-17-40)25-19(14-35)11-18(12-21(25)28)22-9-10-36-26(37-22)38-23-13-20(31)7-8-24(23)42-29(32,33)34/h7-13,17H,15-16H2,1-6H3,(H,36,37,38). The van der Waals surface area contributed by atoms with Gasteiger partial charge in [-0.05, 0) is 60.1 Å². The Morgan fingerprint density at radius 2 is 1.95 bits per heavy atom. The summed E-state index contributed by atoms with van der Waals surface area (Å²) in [7, 11) is -0.719. The van der Waals surface area contributed by atoms with Crippen LogP contribution in [0, 0.1) is 11.3 Å². The number of nitriles is 1. The monoisotopic (exact) mass is 628 g/mol. The number of ether oxygens (including phenoxy) is 1. The number of carbonyl (C=O) groups excluding carboxylic acids is 1. The number of rotatable bonds is 9. The van der Waals surface area contributed by atoms with Gasteiger partial charge in [-0.3, -0.25) is 0 Å². The van der Waals surface area contributed by atoms with Gasteiger partial charge in [-0.2, -0.15) is 5.26 Å². The van der Waals surface area contributed by atoms with Crippen molar-refractivity contribution in [2.75, 3.05) is 23.3 Å². The Morgan fingerprint density at radius 1 is 1.23 bits per heavy atom. The van der Waals surface area contributed by atoms with Crippen LogP contribution in [0.2, 0.25) is 23.2 Å². The van der Waals surface area contributed by atoms with Crippen molar-refractivity contribution < 1.29 is 27.1 Å². The van der Waals surface area contributed by atoms with Crippen molar-refractivity contribution in [2.24, 2.45) is 0 Å². The molecule has 14 heteroatoms. The summed E-state index contributed by atoms with van der Waals surface area (Å²) in [5.74, 6) is -0.509. The second-order valence-corrected chi connectivity index (χ2v) is 17.4. The third-order valence-corrected chi connectivity index (χ3v) is 12.6. The minimum Gasteiger partial charge on any atom is -0.416 e. The third-order valence-electron chi connectivity index (χ3n) is 7.85. The summed E-state index contributed by atoms with van der Waals surface area (Å²) in [6.07, 6.45) is -2.78. The van der Waals surface area contributed by atoms with Crippen LogP contribution in [0.5, 0.6) is 5.75 Å². The second kappa shape index (κ2) is 11.8. The Bertz CT molecular complexity index is 1580. The summed E-state index contributed by atoms with van der Waals surface area (Å²) in [4.78, 5) is 22.0. The zero-order valence-electron chi connectivity index (χ0n) is 24.6. The second-order valence-electron chi connectivity index (χ2n) is 12.1. The van der Waals surface area contributed by atoms with Gasteiger partial charge >= 0.3 is 13.8 Å². The van der Waals surface area contributed by atoms with Gasteiger partial charge in [0.1, 0.15) is 12.3 Å². The largest absolute Gasteiger partial charge is 0.573 e. The molecule has 0 aliphatic carbocycles. The number of hydrogen-bond acceptors (Lipinski definition) is 8. The number of benzene rings is 2. The zero-order valence-corrected chi connectivity index (χ0v) is 26.4. The van der Waals surface area contributed by atoms with E-state index < -0.39 is 25.8 Å². The first kappa shape index (κ1) is 32.3. The first-order chi connectivity index (χ1) is 20.0. The number of alkyl halides is 3. The van der Waals surface area contributed by atoms with E-state index in [1.54, 1.807) is 16.9 Å². The van der Waals surface area contributed by atoms with E-state index in [1.807, 2.05) is 13.0 Å².